The zero-order valence-electron chi connectivity index (χ0n) is 10.3. The predicted molar refractivity (Wildman–Crippen MR) is 65.8 cm³/mol. The van der Waals surface area contributed by atoms with Crippen LogP contribution in [0.15, 0.2) is 18.2 Å². The van der Waals surface area contributed by atoms with Crippen LogP contribution in [0, 0.1) is 13.8 Å². The van der Waals surface area contributed by atoms with E-state index in [1.54, 1.807) is 7.05 Å². The number of carbonyl (C=O) groups excluding carboxylic acids is 1. The summed E-state index contributed by atoms with van der Waals surface area (Å²) >= 11 is 0. The highest BCUT2D eigenvalue weighted by Gasteiger charge is 2.05. The molecule has 16 heavy (non-hydrogen) atoms. The lowest BCUT2D eigenvalue weighted by Gasteiger charge is -2.10. The van der Waals surface area contributed by atoms with Crippen molar-refractivity contribution >= 4 is 5.91 Å². The molecule has 0 fully saturated rings. The molecule has 0 aliphatic heterocycles. The third-order valence-corrected chi connectivity index (χ3v) is 2.73. The number of nitrogens with zero attached hydrogens (tertiary/aromatic N) is 1. The van der Waals surface area contributed by atoms with E-state index >= 15 is 0 Å². The van der Waals surface area contributed by atoms with Crippen LogP contribution in [0.4, 0.5) is 0 Å². The Bertz CT molecular complexity index is 372. The summed E-state index contributed by atoms with van der Waals surface area (Å²) in [5.74, 6) is 5.34. The average Bonchev–Trinajstić information content (AvgIpc) is 2.20. The number of benzene rings is 1. The first kappa shape index (κ1) is 12.7. The van der Waals surface area contributed by atoms with E-state index in [9.17, 15) is 4.79 Å². The molecule has 0 bridgehead atoms. The summed E-state index contributed by atoms with van der Waals surface area (Å²) < 4.78 is 0. The topological polar surface area (TPSA) is 46.3 Å². The first-order valence-corrected chi connectivity index (χ1v) is 5.58. The summed E-state index contributed by atoms with van der Waals surface area (Å²) in [5.41, 5.74) is 3.89. The standard InChI is InChI=1S/C13H20N2O/c1-10-7-8-12(11(2)9-10)5-4-6-13(16)15(3)14/h7-9H,4-6,14H2,1-3H3. The van der Waals surface area contributed by atoms with Gasteiger partial charge in [-0.05, 0) is 37.8 Å². The second kappa shape index (κ2) is 5.66. The molecule has 3 nitrogen and oxygen atoms in total. The Balaban J connectivity index is 2.46. The first-order chi connectivity index (χ1) is 7.50. The summed E-state index contributed by atoms with van der Waals surface area (Å²) in [4.78, 5) is 11.3. The highest BCUT2D eigenvalue weighted by molar-refractivity contribution is 5.75. The number of hydrogen-bond donors (Lipinski definition) is 1. The molecule has 0 atom stereocenters. The van der Waals surface area contributed by atoms with Gasteiger partial charge in [0.2, 0.25) is 5.91 Å². The molecule has 0 saturated carbocycles. The van der Waals surface area contributed by atoms with Gasteiger partial charge in [-0.25, -0.2) is 5.84 Å². The predicted octanol–water partition coefficient (Wildman–Crippen LogP) is 1.96. The van der Waals surface area contributed by atoms with Gasteiger partial charge < -0.3 is 0 Å². The number of rotatable bonds is 4. The second-order valence-electron chi connectivity index (χ2n) is 4.29. The molecule has 0 spiro atoms. The third kappa shape index (κ3) is 3.66. The van der Waals surface area contributed by atoms with Crippen LogP contribution in [0.1, 0.15) is 29.5 Å². The van der Waals surface area contributed by atoms with Crippen LogP contribution in [0.5, 0.6) is 0 Å². The Morgan fingerprint density at radius 3 is 2.62 bits per heavy atom. The van der Waals surface area contributed by atoms with Gasteiger partial charge >= 0.3 is 0 Å². The maximum atomic E-state index is 11.3. The second-order valence-corrected chi connectivity index (χ2v) is 4.29. The molecule has 0 heterocycles. The maximum Gasteiger partial charge on any atom is 0.236 e. The number of nitrogens with two attached hydrogens (primary N) is 1. The Kier molecular flexibility index (Phi) is 4.50. The van der Waals surface area contributed by atoms with E-state index in [4.69, 9.17) is 5.84 Å². The van der Waals surface area contributed by atoms with Crippen molar-refractivity contribution in [2.24, 2.45) is 5.84 Å². The van der Waals surface area contributed by atoms with Gasteiger partial charge in [0.1, 0.15) is 0 Å². The summed E-state index contributed by atoms with van der Waals surface area (Å²) in [6, 6.07) is 6.42. The molecule has 1 aromatic rings. The van der Waals surface area contributed by atoms with Crippen molar-refractivity contribution in [2.45, 2.75) is 33.1 Å². The monoisotopic (exact) mass is 220 g/mol. The minimum Gasteiger partial charge on any atom is -0.284 e. The molecule has 0 unspecified atom stereocenters. The average molecular weight is 220 g/mol. The van der Waals surface area contributed by atoms with Gasteiger partial charge in [0, 0.05) is 13.5 Å². The number of carbonyl (C=O) groups is 1. The van der Waals surface area contributed by atoms with Crippen molar-refractivity contribution in [1.82, 2.24) is 5.01 Å². The van der Waals surface area contributed by atoms with Crippen LogP contribution in [0.2, 0.25) is 0 Å². The highest BCUT2D eigenvalue weighted by atomic mass is 16.2. The molecular formula is C13H20N2O. The number of hydrazine groups is 1. The normalized spacial score (nSPS) is 10.2. The van der Waals surface area contributed by atoms with Crippen molar-refractivity contribution < 1.29 is 4.79 Å². The van der Waals surface area contributed by atoms with E-state index in [2.05, 4.69) is 32.0 Å². The van der Waals surface area contributed by atoms with Gasteiger partial charge in [-0.15, -0.1) is 0 Å². The number of amides is 1. The lowest BCUT2D eigenvalue weighted by atomic mass is 10.0. The smallest absolute Gasteiger partial charge is 0.236 e. The molecule has 0 aromatic heterocycles. The van der Waals surface area contributed by atoms with Crippen molar-refractivity contribution in [2.75, 3.05) is 7.05 Å². The van der Waals surface area contributed by atoms with E-state index in [1.165, 1.54) is 16.7 Å². The van der Waals surface area contributed by atoms with E-state index < -0.39 is 0 Å². The SMILES string of the molecule is Cc1ccc(CCCC(=O)N(C)N)c(C)c1. The van der Waals surface area contributed by atoms with Crippen molar-refractivity contribution in [3.63, 3.8) is 0 Å². The zero-order chi connectivity index (χ0) is 12.1. The first-order valence-electron chi connectivity index (χ1n) is 5.58. The Hall–Kier alpha value is -1.35. The van der Waals surface area contributed by atoms with E-state index in [0.717, 1.165) is 17.9 Å². The number of aryl methyl sites for hydroxylation is 3. The van der Waals surface area contributed by atoms with E-state index in [0.29, 0.717) is 6.42 Å². The molecule has 0 aliphatic rings. The van der Waals surface area contributed by atoms with Crippen molar-refractivity contribution in [3.05, 3.63) is 34.9 Å². The Morgan fingerprint density at radius 2 is 2.06 bits per heavy atom. The van der Waals surface area contributed by atoms with Gasteiger partial charge in [-0.2, -0.15) is 0 Å². The van der Waals surface area contributed by atoms with Crippen LogP contribution >= 0.6 is 0 Å². The van der Waals surface area contributed by atoms with Crippen LogP contribution in [0.25, 0.3) is 0 Å². The van der Waals surface area contributed by atoms with E-state index in [-0.39, 0.29) is 5.91 Å². The van der Waals surface area contributed by atoms with Gasteiger partial charge in [-0.1, -0.05) is 23.8 Å². The van der Waals surface area contributed by atoms with Crippen molar-refractivity contribution in [3.8, 4) is 0 Å². The zero-order valence-corrected chi connectivity index (χ0v) is 10.3. The molecular weight excluding hydrogens is 200 g/mol. The third-order valence-electron chi connectivity index (χ3n) is 2.73. The molecule has 3 heteroatoms. The summed E-state index contributed by atoms with van der Waals surface area (Å²) in [5, 5.41) is 1.15. The lowest BCUT2D eigenvalue weighted by Crippen LogP contribution is -2.32. The van der Waals surface area contributed by atoms with Gasteiger partial charge in [-0.3, -0.25) is 9.80 Å². The summed E-state index contributed by atoms with van der Waals surface area (Å²) in [7, 11) is 1.58. The summed E-state index contributed by atoms with van der Waals surface area (Å²) in [6.45, 7) is 4.20. The molecule has 1 aromatic carbocycles. The van der Waals surface area contributed by atoms with Crippen LogP contribution in [-0.2, 0) is 11.2 Å². The maximum absolute atomic E-state index is 11.3. The van der Waals surface area contributed by atoms with Crippen LogP contribution in [0.3, 0.4) is 0 Å². The lowest BCUT2D eigenvalue weighted by molar-refractivity contribution is -0.130. The minimum absolute atomic E-state index is 0.00948. The van der Waals surface area contributed by atoms with Gasteiger partial charge in [0.25, 0.3) is 0 Å². The largest absolute Gasteiger partial charge is 0.284 e. The molecule has 88 valence electrons. The molecule has 0 aliphatic carbocycles. The molecule has 1 amide bonds. The van der Waals surface area contributed by atoms with E-state index in [1.807, 2.05) is 0 Å². The Morgan fingerprint density at radius 1 is 1.38 bits per heavy atom. The minimum atomic E-state index is -0.00948. The Labute approximate surface area is 97.2 Å². The summed E-state index contributed by atoms with van der Waals surface area (Å²) in [6.07, 6.45) is 2.30. The number of hydrogen-bond acceptors (Lipinski definition) is 2. The fraction of sp³-hybridized carbons (Fsp3) is 0.462. The molecule has 2 N–H and O–H groups in total. The fourth-order valence-corrected chi connectivity index (χ4v) is 1.73. The highest BCUT2D eigenvalue weighted by Crippen LogP contribution is 2.13. The fourth-order valence-electron chi connectivity index (χ4n) is 1.73. The molecule has 0 radical (unpaired) electrons. The van der Waals surface area contributed by atoms with Crippen molar-refractivity contribution in [1.29, 1.82) is 0 Å². The quantitative estimate of drug-likeness (QED) is 0.479. The van der Waals surface area contributed by atoms with Crippen LogP contribution < -0.4 is 5.84 Å². The van der Waals surface area contributed by atoms with Crippen LogP contribution in [-0.4, -0.2) is 18.0 Å². The van der Waals surface area contributed by atoms with Gasteiger partial charge in [0.15, 0.2) is 0 Å². The van der Waals surface area contributed by atoms with Gasteiger partial charge in [0.05, 0.1) is 0 Å². The molecule has 0 saturated heterocycles. The molecule has 1 rings (SSSR count).